The molecule has 0 aliphatic carbocycles. The summed E-state index contributed by atoms with van der Waals surface area (Å²) in [5, 5.41) is 1.15. The SMILES string of the molecule is COC(C)(C)CCC(N)c1ccc2ccccc2n1. The molecule has 0 radical (unpaired) electrons. The minimum Gasteiger partial charge on any atom is -0.379 e. The summed E-state index contributed by atoms with van der Waals surface area (Å²) in [5.74, 6) is 0. The molecule has 1 atom stereocenters. The molecule has 1 unspecified atom stereocenters. The van der Waals surface area contributed by atoms with Gasteiger partial charge < -0.3 is 10.5 Å². The lowest BCUT2D eigenvalue weighted by Crippen LogP contribution is -2.25. The van der Waals surface area contributed by atoms with Crippen molar-refractivity contribution in [3.05, 3.63) is 42.1 Å². The Kier molecular flexibility index (Phi) is 4.17. The van der Waals surface area contributed by atoms with Crippen molar-refractivity contribution in [3.8, 4) is 0 Å². The summed E-state index contributed by atoms with van der Waals surface area (Å²) in [7, 11) is 1.74. The van der Waals surface area contributed by atoms with Crippen molar-refractivity contribution in [3.63, 3.8) is 0 Å². The first-order valence-electron chi connectivity index (χ1n) is 6.68. The lowest BCUT2D eigenvalue weighted by atomic mass is 9.97. The summed E-state index contributed by atoms with van der Waals surface area (Å²) < 4.78 is 5.42. The van der Waals surface area contributed by atoms with Crippen LogP contribution in [0.5, 0.6) is 0 Å². The van der Waals surface area contributed by atoms with E-state index in [9.17, 15) is 0 Å². The van der Waals surface area contributed by atoms with E-state index in [-0.39, 0.29) is 11.6 Å². The van der Waals surface area contributed by atoms with Crippen LogP contribution in [0, 0.1) is 0 Å². The van der Waals surface area contributed by atoms with Gasteiger partial charge in [-0.25, -0.2) is 0 Å². The molecular weight excluding hydrogens is 236 g/mol. The second kappa shape index (κ2) is 5.68. The number of nitrogens with two attached hydrogens (primary N) is 1. The van der Waals surface area contributed by atoms with E-state index in [2.05, 4.69) is 31.0 Å². The van der Waals surface area contributed by atoms with Gasteiger partial charge in [0.2, 0.25) is 0 Å². The van der Waals surface area contributed by atoms with Gasteiger partial charge in [0, 0.05) is 18.5 Å². The fourth-order valence-electron chi connectivity index (χ4n) is 2.04. The zero-order valence-corrected chi connectivity index (χ0v) is 11.9. The molecule has 2 N–H and O–H groups in total. The van der Waals surface area contributed by atoms with Gasteiger partial charge in [0.15, 0.2) is 0 Å². The van der Waals surface area contributed by atoms with Crippen molar-refractivity contribution in [2.75, 3.05) is 7.11 Å². The third kappa shape index (κ3) is 3.52. The first-order chi connectivity index (χ1) is 9.02. The first kappa shape index (κ1) is 14.0. The van der Waals surface area contributed by atoms with Crippen LogP contribution in [0.3, 0.4) is 0 Å². The number of fused-ring (bicyclic) bond motifs is 1. The number of pyridine rings is 1. The van der Waals surface area contributed by atoms with Crippen molar-refractivity contribution < 1.29 is 4.74 Å². The minimum absolute atomic E-state index is 0.0426. The van der Waals surface area contributed by atoms with Crippen LogP contribution in [0.15, 0.2) is 36.4 Å². The van der Waals surface area contributed by atoms with E-state index >= 15 is 0 Å². The molecule has 1 heterocycles. The molecule has 3 nitrogen and oxygen atoms in total. The minimum atomic E-state index is -0.130. The molecule has 0 amide bonds. The number of nitrogens with zero attached hydrogens (tertiary/aromatic N) is 1. The predicted octanol–water partition coefficient (Wildman–Crippen LogP) is 3.44. The Bertz CT molecular complexity index is 551. The average Bonchev–Trinajstić information content (AvgIpc) is 2.44. The summed E-state index contributed by atoms with van der Waals surface area (Å²) in [5.41, 5.74) is 8.05. The topological polar surface area (TPSA) is 48.1 Å². The van der Waals surface area contributed by atoms with Crippen LogP contribution >= 0.6 is 0 Å². The van der Waals surface area contributed by atoms with Gasteiger partial charge in [0.05, 0.1) is 16.8 Å². The monoisotopic (exact) mass is 258 g/mol. The molecule has 0 fully saturated rings. The molecule has 0 saturated carbocycles. The zero-order chi connectivity index (χ0) is 13.9. The number of aromatic nitrogens is 1. The molecule has 2 aromatic rings. The number of rotatable bonds is 5. The van der Waals surface area contributed by atoms with Gasteiger partial charge >= 0.3 is 0 Å². The van der Waals surface area contributed by atoms with Gasteiger partial charge in [0.25, 0.3) is 0 Å². The van der Waals surface area contributed by atoms with Crippen molar-refractivity contribution in [1.29, 1.82) is 0 Å². The maximum Gasteiger partial charge on any atom is 0.0706 e. The summed E-state index contributed by atoms with van der Waals surface area (Å²) in [6, 6.07) is 12.2. The Morgan fingerprint density at radius 2 is 1.95 bits per heavy atom. The van der Waals surface area contributed by atoms with Gasteiger partial charge in [-0.1, -0.05) is 24.3 Å². The normalized spacial score (nSPS) is 13.7. The van der Waals surface area contributed by atoms with Crippen molar-refractivity contribution in [1.82, 2.24) is 4.98 Å². The van der Waals surface area contributed by atoms with Crippen LogP contribution in [0.25, 0.3) is 10.9 Å². The molecule has 19 heavy (non-hydrogen) atoms. The van der Waals surface area contributed by atoms with E-state index in [4.69, 9.17) is 10.5 Å². The lowest BCUT2D eigenvalue weighted by Gasteiger charge is -2.24. The summed E-state index contributed by atoms with van der Waals surface area (Å²) in [6.45, 7) is 4.15. The van der Waals surface area contributed by atoms with E-state index < -0.39 is 0 Å². The van der Waals surface area contributed by atoms with Crippen LogP contribution in [-0.2, 0) is 4.74 Å². The predicted molar refractivity (Wildman–Crippen MR) is 79.0 cm³/mol. The third-order valence-electron chi connectivity index (χ3n) is 3.61. The summed E-state index contributed by atoms with van der Waals surface area (Å²) >= 11 is 0. The Hall–Kier alpha value is -1.45. The van der Waals surface area contributed by atoms with Crippen LogP contribution in [-0.4, -0.2) is 17.7 Å². The maximum absolute atomic E-state index is 6.23. The molecule has 0 aliphatic heterocycles. The van der Waals surface area contributed by atoms with Crippen LogP contribution < -0.4 is 5.73 Å². The van der Waals surface area contributed by atoms with Gasteiger partial charge in [0.1, 0.15) is 0 Å². The molecule has 102 valence electrons. The van der Waals surface area contributed by atoms with Gasteiger partial charge in [-0.3, -0.25) is 4.98 Å². The Morgan fingerprint density at radius 1 is 1.21 bits per heavy atom. The molecule has 0 saturated heterocycles. The largest absolute Gasteiger partial charge is 0.379 e. The standard InChI is InChI=1S/C16H22N2O/c1-16(2,19-3)11-10-13(17)15-9-8-12-6-4-5-7-14(12)18-15/h4-9,13H,10-11,17H2,1-3H3. The molecule has 2 rings (SSSR count). The van der Waals surface area contributed by atoms with E-state index in [0.717, 1.165) is 29.4 Å². The molecule has 0 aliphatic rings. The first-order valence-corrected chi connectivity index (χ1v) is 6.68. The Labute approximate surface area is 114 Å². The highest BCUT2D eigenvalue weighted by Crippen LogP contribution is 2.23. The van der Waals surface area contributed by atoms with Crippen LogP contribution in [0.2, 0.25) is 0 Å². The third-order valence-corrected chi connectivity index (χ3v) is 3.61. The van der Waals surface area contributed by atoms with Gasteiger partial charge in [-0.15, -0.1) is 0 Å². The van der Waals surface area contributed by atoms with Gasteiger partial charge in [-0.05, 0) is 38.8 Å². The second-order valence-electron chi connectivity index (χ2n) is 5.54. The second-order valence-corrected chi connectivity index (χ2v) is 5.54. The van der Waals surface area contributed by atoms with Gasteiger partial charge in [-0.2, -0.15) is 0 Å². The number of methoxy groups -OCH3 is 1. The van der Waals surface area contributed by atoms with E-state index in [0.29, 0.717) is 0 Å². The van der Waals surface area contributed by atoms with Crippen molar-refractivity contribution in [2.45, 2.75) is 38.3 Å². The lowest BCUT2D eigenvalue weighted by molar-refractivity contribution is 0.0124. The molecule has 0 bridgehead atoms. The fourth-order valence-corrected chi connectivity index (χ4v) is 2.04. The number of para-hydroxylation sites is 1. The summed E-state index contributed by atoms with van der Waals surface area (Å²) in [6.07, 6.45) is 1.78. The highest BCUT2D eigenvalue weighted by atomic mass is 16.5. The smallest absolute Gasteiger partial charge is 0.0706 e. The quantitative estimate of drug-likeness (QED) is 0.893. The van der Waals surface area contributed by atoms with E-state index in [1.54, 1.807) is 7.11 Å². The number of ether oxygens (including phenoxy) is 1. The highest BCUT2D eigenvalue weighted by molar-refractivity contribution is 5.78. The molecule has 3 heteroatoms. The van der Waals surface area contributed by atoms with E-state index in [1.807, 2.05) is 24.3 Å². The van der Waals surface area contributed by atoms with Crippen molar-refractivity contribution >= 4 is 10.9 Å². The molecule has 1 aromatic carbocycles. The zero-order valence-electron chi connectivity index (χ0n) is 11.9. The van der Waals surface area contributed by atoms with Crippen molar-refractivity contribution in [2.24, 2.45) is 5.73 Å². The highest BCUT2D eigenvalue weighted by Gasteiger charge is 2.19. The number of benzene rings is 1. The van der Waals surface area contributed by atoms with Crippen LogP contribution in [0.4, 0.5) is 0 Å². The molecule has 1 aromatic heterocycles. The van der Waals surface area contributed by atoms with Crippen LogP contribution in [0.1, 0.15) is 38.4 Å². The fraction of sp³-hybridized carbons (Fsp3) is 0.438. The Balaban J connectivity index is 2.11. The number of hydrogen-bond donors (Lipinski definition) is 1. The molecular formula is C16H22N2O. The summed E-state index contributed by atoms with van der Waals surface area (Å²) in [4.78, 5) is 4.64. The number of hydrogen-bond acceptors (Lipinski definition) is 3. The Morgan fingerprint density at radius 3 is 2.68 bits per heavy atom. The average molecular weight is 258 g/mol. The van der Waals surface area contributed by atoms with E-state index in [1.165, 1.54) is 0 Å². The maximum atomic E-state index is 6.23. The molecule has 0 spiro atoms.